The summed E-state index contributed by atoms with van der Waals surface area (Å²) in [6, 6.07) is 2.08. The number of rotatable bonds is 5. The van der Waals surface area contributed by atoms with Crippen LogP contribution in [-0.4, -0.2) is 36.5 Å². The van der Waals surface area contributed by atoms with Crippen LogP contribution in [0.2, 0.25) is 0 Å². The lowest BCUT2D eigenvalue weighted by molar-refractivity contribution is -0.142. The van der Waals surface area contributed by atoms with Crippen molar-refractivity contribution in [3.8, 4) is 0 Å². The predicted octanol–water partition coefficient (Wildman–Crippen LogP) is 1.76. The lowest BCUT2D eigenvalue weighted by Crippen LogP contribution is -2.40. The van der Waals surface area contributed by atoms with Gasteiger partial charge in [-0.15, -0.1) is 11.3 Å². The summed E-state index contributed by atoms with van der Waals surface area (Å²) in [7, 11) is 1.42. The SMILES string of the molecule is COC(=O)CC1CCCCN1Cc1cc(C(N)=O)cs1. The average Bonchev–Trinajstić information content (AvgIpc) is 2.89. The van der Waals surface area contributed by atoms with Gasteiger partial charge in [0.05, 0.1) is 19.1 Å². The molecule has 0 spiro atoms. The molecule has 1 aromatic rings. The fourth-order valence-corrected chi connectivity index (χ4v) is 3.47. The van der Waals surface area contributed by atoms with Crippen molar-refractivity contribution in [2.24, 2.45) is 5.73 Å². The second-order valence-corrected chi connectivity index (χ2v) is 6.06. The van der Waals surface area contributed by atoms with E-state index in [9.17, 15) is 9.59 Å². The standard InChI is InChI=1S/C14H20N2O3S/c1-19-13(17)7-11-4-2-3-5-16(11)8-12-6-10(9-20-12)14(15)18/h6,9,11H,2-5,7-8H2,1H3,(H2,15,18). The average molecular weight is 296 g/mol. The molecule has 1 atom stereocenters. The third kappa shape index (κ3) is 3.80. The maximum atomic E-state index is 11.5. The fraction of sp³-hybridized carbons (Fsp3) is 0.571. The van der Waals surface area contributed by atoms with E-state index >= 15 is 0 Å². The summed E-state index contributed by atoms with van der Waals surface area (Å²) in [5.41, 5.74) is 5.83. The molecule has 2 heterocycles. The van der Waals surface area contributed by atoms with Crippen molar-refractivity contribution >= 4 is 23.2 Å². The molecule has 0 bridgehead atoms. The zero-order chi connectivity index (χ0) is 14.5. The summed E-state index contributed by atoms with van der Waals surface area (Å²) in [6.45, 7) is 1.74. The maximum Gasteiger partial charge on any atom is 0.307 e. The van der Waals surface area contributed by atoms with E-state index in [1.165, 1.54) is 18.4 Å². The molecule has 1 saturated heterocycles. The van der Waals surface area contributed by atoms with Crippen molar-refractivity contribution in [1.82, 2.24) is 4.90 Å². The van der Waals surface area contributed by atoms with Crippen molar-refractivity contribution in [2.75, 3.05) is 13.7 Å². The van der Waals surface area contributed by atoms with Crippen molar-refractivity contribution in [3.63, 3.8) is 0 Å². The molecule has 1 unspecified atom stereocenters. The van der Waals surface area contributed by atoms with Crippen molar-refractivity contribution in [1.29, 1.82) is 0 Å². The van der Waals surface area contributed by atoms with Gasteiger partial charge in [-0.2, -0.15) is 0 Å². The Balaban J connectivity index is 2.00. The first-order valence-electron chi connectivity index (χ1n) is 6.78. The van der Waals surface area contributed by atoms with Gasteiger partial charge in [0.25, 0.3) is 0 Å². The normalized spacial score (nSPS) is 19.8. The summed E-state index contributed by atoms with van der Waals surface area (Å²) >= 11 is 1.54. The van der Waals surface area contributed by atoms with Crippen LogP contribution in [0.15, 0.2) is 11.4 Å². The Morgan fingerprint density at radius 2 is 2.30 bits per heavy atom. The van der Waals surface area contributed by atoms with Gasteiger partial charge in [0.15, 0.2) is 0 Å². The Bertz CT molecular complexity index is 487. The smallest absolute Gasteiger partial charge is 0.307 e. The summed E-state index contributed by atoms with van der Waals surface area (Å²) in [4.78, 5) is 26.0. The molecular weight excluding hydrogens is 276 g/mol. The first-order chi connectivity index (χ1) is 9.60. The molecule has 0 radical (unpaired) electrons. The molecule has 0 aromatic carbocycles. The number of methoxy groups -OCH3 is 1. The van der Waals surface area contributed by atoms with Crippen LogP contribution < -0.4 is 5.73 Å². The van der Waals surface area contributed by atoms with E-state index < -0.39 is 5.91 Å². The minimum Gasteiger partial charge on any atom is -0.469 e. The Kier molecular flexibility index (Phi) is 5.14. The maximum absolute atomic E-state index is 11.5. The second-order valence-electron chi connectivity index (χ2n) is 5.07. The molecule has 1 aliphatic heterocycles. The fourth-order valence-electron chi connectivity index (χ4n) is 2.57. The van der Waals surface area contributed by atoms with Crippen LogP contribution in [0.4, 0.5) is 0 Å². The Hall–Kier alpha value is -1.40. The van der Waals surface area contributed by atoms with E-state index in [1.807, 2.05) is 6.07 Å². The van der Waals surface area contributed by atoms with Crippen LogP contribution in [-0.2, 0) is 16.1 Å². The highest BCUT2D eigenvalue weighted by atomic mass is 32.1. The van der Waals surface area contributed by atoms with Gasteiger partial charge in [0.2, 0.25) is 5.91 Å². The van der Waals surface area contributed by atoms with Crippen molar-refractivity contribution < 1.29 is 14.3 Å². The zero-order valence-corrected chi connectivity index (χ0v) is 12.4. The topological polar surface area (TPSA) is 72.6 Å². The summed E-state index contributed by atoms with van der Waals surface area (Å²) in [6.07, 6.45) is 3.74. The number of piperidine rings is 1. The largest absolute Gasteiger partial charge is 0.469 e. The Labute approximate surface area is 122 Å². The number of primary amides is 1. The first kappa shape index (κ1) is 15.0. The lowest BCUT2D eigenvalue weighted by atomic mass is 9.99. The van der Waals surface area contributed by atoms with Gasteiger partial charge in [-0.1, -0.05) is 6.42 Å². The lowest BCUT2D eigenvalue weighted by Gasteiger charge is -2.34. The minimum atomic E-state index is -0.391. The highest BCUT2D eigenvalue weighted by molar-refractivity contribution is 7.10. The van der Waals surface area contributed by atoms with Crippen LogP contribution in [0.25, 0.3) is 0 Å². The molecule has 0 saturated carbocycles. The number of hydrogen-bond donors (Lipinski definition) is 1. The molecule has 1 fully saturated rings. The summed E-state index contributed by atoms with van der Waals surface area (Å²) < 4.78 is 4.76. The molecule has 1 aliphatic rings. The predicted molar refractivity (Wildman–Crippen MR) is 77.5 cm³/mol. The van der Waals surface area contributed by atoms with Gasteiger partial charge in [-0.25, -0.2) is 0 Å². The van der Waals surface area contributed by atoms with E-state index in [-0.39, 0.29) is 12.0 Å². The molecule has 0 aliphatic carbocycles. The van der Waals surface area contributed by atoms with E-state index in [4.69, 9.17) is 10.5 Å². The summed E-state index contributed by atoms with van der Waals surface area (Å²) in [5, 5.41) is 1.79. The third-order valence-corrected chi connectivity index (χ3v) is 4.60. The van der Waals surface area contributed by atoms with Gasteiger partial charge >= 0.3 is 5.97 Å². The highest BCUT2D eigenvalue weighted by Crippen LogP contribution is 2.24. The monoisotopic (exact) mass is 296 g/mol. The molecule has 5 nitrogen and oxygen atoms in total. The molecule has 110 valence electrons. The number of carbonyl (C=O) groups excluding carboxylic acids is 2. The van der Waals surface area contributed by atoms with Crippen molar-refractivity contribution in [3.05, 3.63) is 21.9 Å². The number of ether oxygens (including phenoxy) is 1. The van der Waals surface area contributed by atoms with E-state index in [0.717, 1.165) is 37.2 Å². The number of nitrogens with zero attached hydrogens (tertiary/aromatic N) is 1. The molecule has 1 aromatic heterocycles. The number of hydrogen-bond acceptors (Lipinski definition) is 5. The number of amides is 1. The van der Waals surface area contributed by atoms with Gasteiger partial charge in [0.1, 0.15) is 0 Å². The van der Waals surface area contributed by atoms with E-state index in [2.05, 4.69) is 4.90 Å². The van der Waals surface area contributed by atoms with Crippen LogP contribution in [0.3, 0.4) is 0 Å². The minimum absolute atomic E-state index is 0.161. The quantitative estimate of drug-likeness (QED) is 0.840. The van der Waals surface area contributed by atoms with Gasteiger partial charge in [-0.05, 0) is 25.5 Å². The Morgan fingerprint density at radius 3 is 2.95 bits per heavy atom. The van der Waals surface area contributed by atoms with E-state index in [1.54, 1.807) is 5.38 Å². The van der Waals surface area contributed by atoms with Crippen LogP contribution in [0, 0.1) is 0 Å². The number of nitrogens with two attached hydrogens (primary N) is 1. The number of thiophene rings is 1. The Morgan fingerprint density at radius 1 is 1.50 bits per heavy atom. The molecule has 6 heteroatoms. The molecule has 2 N–H and O–H groups in total. The van der Waals surface area contributed by atoms with Crippen LogP contribution in [0.5, 0.6) is 0 Å². The third-order valence-electron chi connectivity index (χ3n) is 3.68. The molecule has 2 rings (SSSR count). The van der Waals surface area contributed by atoms with Crippen molar-refractivity contribution in [2.45, 2.75) is 38.3 Å². The summed E-state index contributed by atoms with van der Waals surface area (Å²) in [5.74, 6) is -0.553. The van der Waals surface area contributed by atoms with E-state index in [0.29, 0.717) is 12.0 Å². The zero-order valence-electron chi connectivity index (χ0n) is 11.6. The second kappa shape index (κ2) is 6.85. The molecule has 20 heavy (non-hydrogen) atoms. The van der Waals surface area contributed by atoms with Crippen LogP contribution >= 0.6 is 11.3 Å². The van der Waals surface area contributed by atoms with Gasteiger partial charge in [-0.3, -0.25) is 14.5 Å². The number of likely N-dealkylation sites (tertiary alicyclic amines) is 1. The highest BCUT2D eigenvalue weighted by Gasteiger charge is 2.25. The molecular formula is C14H20N2O3S. The number of esters is 1. The van der Waals surface area contributed by atoms with Gasteiger partial charge in [0, 0.05) is 22.8 Å². The molecule has 1 amide bonds. The van der Waals surface area contributed by atoms with Gasteiger partial charge < -0.3 is 10.5 Å². The first-order valence-corrected chi connectivity index (χ1v) is 7.66. The van der Waals surface area contributed by atoms with Crippen LogP contribution in [0.1, 0.15) is 40.9 Å². The number of carbonyl (C=O) groups is 2.